The predicted molar refractivity (Wildman–Crippen MR) is 73.6 cm³/mol. The molecule has 1 atom stereocenters. The molecule has 0 aliphatic carbocycles. The van der Waals surface area contributed by atoms with Gasteiger partial charge in [-0.2, -0.15) is 0 Å². The van der Waals surface area contributed by atoms with Crippen LogP contribution >= 0.6 is 0 Å². The van der Waals surface area contributed by atoms with E-state index in [0.717, 1.165) is 38.0 Å². The van der Waals surface area contributed by atoms with Crippen molar-refractivity contribution in [1.82, 2.24) is 0 Å². The van der Waals surface area contributed by atoms with Gasteiger partial charge in [0.2, 0.25) is 0 Å². The van der Waals surface area contributed by atoms with Gasteiger partial charge < -0.3 is 10.5 Å². The van der Waals surface area contributed by atoms with Crippen LogP contribution in [0.2, 0.25) is 0 Å². The van der Waals surface area contributed by atoms with Gasteiger partial charge in [0.1, 0.15) is 5.75 Å². The minimum Gasteiger partial charge on any atom is -0.494 e. The fourth-order valence-corrected chi connectivity index (χ4v) is 1.87. The molecule has 0 radical (unpaired) electrons. The number of hydrogen-bond acceptors (Lipinski definition) is 2. The summed E-state index contributed by atoms with van der Waals surface area (Å²) in [4.78, 5) is 0. The van der Waals surface area contributed by atoms with Crippen LogP contribution in [-0.4, -0.2) is 12.6 Å². The van der Waals surface area contributed by atoms with Gasteiger partial charge in [0.15, 0.2) is 0 Å². The molecular formula is C15H25NO. The first-order valence-corrected chi connectivity index (χ1v) is 6.61. The molecule has 96 valence electrons. The molecule has 0 heterocycles. The second-order valence-corrected chi connectivity index (χ2v) is 4.81. The summed E-state index contributed by atoms with van der Waals surface area (Å²) in [7, 11) is 0. The standard InChI is InChI=1S/C15H25NO/c1-4-10-17-15-9-8-14(12(2)11-15)7-5-6-13(3)16/h8-9,11,13H,4-7,10,16H2,1-3H3. The Bertz CT molecular complexity index is 334. The van der Waals surface area contributed by atoms with E-state index in [1.165, 1.54) is 11.1 Å². The minimum atomic E-state index is 0.308. The molecule has 1 aromatic rings. The van der Waals surface area contributed by atoms with Gasteiger partial charge in [-0.15, -0.1) is 0 Å². The monoisotopic (exact) mass is 235 g/mol. The Labute approximate surface area is 105 Å². The Hall–Kier alpha value is -1.02. The summed E-state index contributed by atoms with van der Waals surface area (Å²) in [5.74, 6) is 0.986. The van der Waals surface area contributed by atoms with Gasteiger partial charge in [-0.05, 0) is 62.8 Å². The van der Waals surface area contributed by atoms with Crippen LogP contribution in [0.15, 0.2) is 18.2 Å². The molecule has 0 aromatic heterocycles. The molecule has 0 bridgehead atoms. The topological polar surface area (TPSA) is 35.2 Å². The summed E-state index contributed by atoms with van der Waals surface area (Å²) in [5, 5.41) is 0. The quantitative estimate of drug-likeness (QED) is 0.785. The number of rotatable bonds is 7. The van der Waals surface area contributed by atoms with Crippen LogP contribution in [0.3, 0.4) is 0 Å². The maximum atomic E-state index is 5.75. The molecule has 17 heavy (non-hydrogen) atoms. The average Bonchev–Trinajstić information content (AvgIpc) is 2.28. The molecular weight excluding hydrogens is 210 g/mol. The second kappa shape index (κ2) is 7.33. The van der Waals surface area contributed by atoms with Crippen molar-refractivity contribution in [2.45, 2.75) is 52.5 Å². The summed E-state index contributed by atoms with van der Waals surface area (Å²) in [6.45, 7) is 7.13. The third kappa shape index (κ3) is 5.22. The molecule has 2 N–H and O–H groups in total. The largest absolute Gasteiger partial charge is 0.494 e. The molecule has 0 aliphatic heterocycles. The van der Waals surface area contributed by atoms with Crippen LogP contribution in [0.25, 0.3) is 0 Å². The van der Waals surface area contributed by atoms with Crippen LogP contribution in [0.5, 0.6) is 5.75 Å². The molecule has 0 saturated heterocycles. The highest BCUT2D eigenvalue weighted by Gasteiger charge is 2.02. The molecule has 0 saturated carbocycles. The lowest BCUT2D eigenvalue weighted by atomic mass is 10.0. The van der Waals surface area contributed by atoms with Crippen LogP contribution < -0.4 is 10.5 Å². The maximum Gasteiger partial charge on any atom is 0.119 e. The molecule has 1 aromatic carbocycles. The fraction of sp³-hybridized carbons (Fsp3) is 0.600. The van der Waals surface area contributed by atoms with E-state index in [0.29, 0.717) is 6.04 Å². The Morgan fingerprint density at radius 3 is 2.71 bits per heavy atom. The van der Waals surface area contributed by atoms with Gasteiger partial charge in [0.05, 0.1) is 6.61 Å². The minimum absolute atomic E-state index is 0.308. The third-order valence-electron chi connectivity index (χ3n) is 2.89. The van der Waals surface area contributed by atoms with Crippen LogP contribution in [0, 0.1) is 6.92 Å². The maximum absolute atomic E-state index is 5.75. The van der Waals surface area contributed by atoms with Crippen molar-refractivity contribution in [2.24, 2.45) is 5.73 Å². The van der Waals surface area contributed by atoms with Crippen molar-refractivity contribution in [2.75, 3.05) is 6.61 Å². The van der Waals surface area contributed by atoms with Crippen molar-refractivity contribution in [3.05, 3.63) is 29.3 Å². The van der Waals surface area contributed by atoms with E-state index >= 15 is 0 Å². The van der Waals surface area contributed by atoms with Gasteiger partial charge in [-0.25, -0.2) is 0 Å². The van der Waals surface area contributed by atoms with Crippen molar-refractivity contribution in [3.8, 4) is 5.75 Å². The van der Waals surface area contributed by atoms with Crippen molar-refractivity contribution in [1.29, 1.82) is 0 Å². The van der Waals surface area contributed by atoms with Crippen molar-refractivity contribution >= 4 is 0 Å². The zero-order chi connectivity index (χ0) is 12.7. The first-order valence-electron chi connectivity index (χ1n) is 6.61. The molecule has 2 nitrogen and oxygen atoms in total. The Morgan fingerprint density at radius 2 is 2.12 bits per heavy atom. The summed E-state index contributed by atoms with van der Waals surface area (Å²) in [5.41, 5.74) is 8.49. The van der Waals surface area contributed by atoms with E-state index in [-0.39, 0.29) is 0 Å². The average molecular weight is 235 g/mol. The van der Waals surface area contributed by atoms with Gasteiger partial charge in [0.25, 0.3) is 0 Å². The van der Waals surface area contributed by atoms with E-state index in [4.69, 9.17) is 10.5 Å². The van der Waals surface area contributed by atoms with Gasteiger partial charge >= 0.3 is 0 Å². The zero-order valence-corrected chi connectivity index (χ0v) is 11.3. The van der Waals surface area contributed by atoms with Crippen LogP contribution in [0.1, 0.15) is 44.2 Å². The third-order valence-corrected chi connectivity index (χ3v) is 2.89. The fourth-order valence-electron chi connectivity index (χ4n) is 1.87. The van der Waals surface area contributed by atoms with E-state index in [1.54, 1.807) is 0 Å². The van der Waals surface area contributed by atoms with E-state index in [1.807, 2.05) is 0 Å². The summed E-state index contributed by atoms with van der Waals surface area (Å²) < 4.78 is 5.61. The smallest absolute Gasteiger partial charge is 0.119 e. The number of nitrogens with two attached hydrogens (primary N) is 1. The second-order valence-electron chi connectivity index (χ2n) is 4.81. The van der Waals surface area contributed by atoms with E-state index < -0.39 is 0 Å². The highest BCUT2D eigenvalue weighted by Crippen LogP contribution is 2.19. The first kappa shape index (κ1) is 14.0. The molecule has 1 unspecified atom stereocenters. The number of ether oxygens (including phenoxy) is 1. The lowest BCUT2D eigenvalue weighted by Crippen LogP contribution is -2.14. The predicted octanol–water partition coefficient (Wildman–Crippen LogP) is 3.45. The summed E-state index contributed by atoms with van der Waals surface area (Å²) in [6, 6.07) is 6.70. The van der Waals surface area contributed by atoms with Crippen molar-refractivity contribution < 1.29 is 4.74 Å². The molecule has 0 aliphatic rings. The molecule has 0 fully saturated rings. The van der Waals surface area contributed by atoms with E-state index in [9.17, 15) is 0 Å². The number of hydrogen-bond donors (Lipinski definition) is 1. The Balaban J connectivity index is 2.50. The normalized spacial score (nSPS) is 12.5. The first-order chi connectivity index (χ1) is 8.13. The number of benzene rings is 1. The highest BCUT2D eigenvalue weighted by atomic mass is 16.5. The highest BCUT2D eigenvalue weighted by molar-refractivity contribution is 5.34. The van der Waals surface area contributed by atoms with Crippen LogP contribution in [-0.2, 0) is 6.42 Å². The van der Waals surface area contributed by atoms with Gasteiger partial charge in [-0.1, -0.05) is 13.0 Å². The lowest BCUT2D eigenvalue weighted by Gasteiger charge is -2.10. The Kier molecular flexibility index (Phi) is 6.06. The summed E-state index contributed by atoms with van der Waals surface area (Å²) in [6.07, 6.45) is 4.41. The Morgan fingerprint density at radius 1 is 1.35 bits per heavy atom. The van der Waals surface area contributed by atoms with Crippen molar-refractivity contribution in [3.63, 3.8) is 0 Å². The number of aryl methyl sites for hydroxylation is 2. The lowest BCUT2D eigenvalue weighted by molar-refractivity contribution is 0.317. The SMILES string of the molecule is CCCOc1ccc(CCCC(C)N)c(C)c1. The zero-order valence-electron chi connectivity index (χ0n) is 11.3. The molecule has 1 rings (SSSR count). The molecule has 0 amide bonds. The molecule has 2 heteroatoms. The van der Waals surface area contributed by atoms with Crippen LogP contribution in [0.4, 0.5) is 0 Å². The van der Waals surface area contributed by atoms with Gasteiger partial charge in [0, 0.05) is 6.04 Å². The van der Waals surface area contributed by atoms with E-state index in [2.05, 4.69) is 39.0 Å². The summed E-state index contributed by atoms with van der Waals surface area (Å²) >= 11 is 0. The molecule has 0 spiro atoms. The van der Waals surface area contributed by atoms with Gasteiger partial charge in [-0.3, -0.25) is 0 Å².